The minimum Gasteiger partial charge on any atom is -0.302 e. The van der Waals surface area contributed by atoms with Crippen molar-refractivity contribution in [1.82, 2.24) is 14.3 Å². The zero-order valence-corrected chi connectivity index (χ0v) is 11.6. The minimum absolute atomic E-state index is 0.439. The van der Waals surface area contributed by atoms with Gasteiger partial charge in [-0.1, -0.05) is 11.6 Å². The summed E-state index contributed by atoms with van der Waals surface area (Å²) in [6.45, 7) is 5.68. The van der Waals surface area contributed by atoms with Crippen molar-refractivity contribution in [2.24, 2.45) is 0 Å². The highest BCUT2D eigenvalue weighted by Crippen LogP contribution is 2.33. The quantitative estimate of drug-likeness (QED) is 0.826. The molecule has 2 aromatic heterocycles. The number of likely N-dealkylation sites (tertiary alicyclic amines) is 1. The van der Waals surface area contributed by atoms with Gasteiger partial charge in [-0.05, 0) is 45.4 Å². The van der Waals surface area contributed by atoms with Crippen LogP contribution in [-0.2, 0) is 0 Å². The molecule has 1 aliphatic heterocycles. The third-order valence-electron chi connectivity index (χ3n) is 3.78. The van der Waals surface area contributed by atoms with E-state index < -0.39 is 0 Å². The number of nitrogens with zero attached hydrogens (tertiary/aromatic N) is 3. The molecular formula is C14H18ClN3. The van der Waals surface area contributed by atoms with Crippen LogP contribution >= 0.6 is 11.6 Å². The lowest BCUT2D eigenvalue weighted by Crippen LogP contribution is -2.31. The summed E-state index contributed by atoms with van der Waals surface area (Å²) in [5.74, 6) is 1.15. The molecule has 1 atom stereocenters. The van der Waals surface area contributed by atoms with Crippen molar-refractivity contribution in [2.75, 3.05) is 6.54 Å². The lowest BCUT2D eigenvalue weighted by atomic mass is 10.2. The van der Waals surface area contributed by atoms with E-state index in [1.54, 1.807) is 0 Å². The standard InChI is InChI=1S/C14H18ClN3/c1-10(2)17-6-3-4-13(17)14-16-9-12-8-11(15)5-7-18(12)14/h5,7-10,13H,3-4,6H2,1-2H3. The van der Waals surface area contributed by atoms with E-state index in [-0.39, 0.29) is 0 Å². The van der Waals surface area contributed by atoms with E-state index in [9.17, 15) is 0 Å². The highest BCUT2D eigenvalue weighted by molar-refractivity contribution is 6.30. The fraction of sp³-hybridized carbons (Fsp3) is 0.500. The van der Waals surface area contributed by atoms with Gasteiger partial charge in [0.15, 0.2) is 0 Å². The summed E-state index contributed by atoms with van der Waals surface area (Å²) in [7, 11) is 0. The van der Waals surface area contributed by atoms with Crippen LogP contribution in [0.15, 0.2) is 24.5 Å². The molecule has 0 amide bonds. The topological polar surface area (TPSA) is 20.5 Å². The van der Waals surface area contributed by atoms with Crippen LogP contribution in [-0.4, -0.2) is 26.9 Å². The Morgan fingerprint density at radius 3 is 3.06 bits per heavy atom. The maximum atomic E-state index is 6.02. The first-order chi connectivity index (χ1) is 8.66. The summed E-state index contributed by atoms with van der Waals surface area (Å²) in [6, 6.07) is 4.90. The number of aromatic nitrogens is 2. The number of halogens is 1. The molecule has 4 heteroatoms. The van der Waals surface area contributed by atoms with E-state index in [0.717, 1.165) is 16.4 Å². The van der Waals surface area contributed by atoms with E-state index in [2.05, 4.69) is 28.1 Å². The maximum absolute atomic E-state index is 6.02. The van der Waals surface area contributed by atoms with Gasteiger partial charge in [0.1, 0.15) is 5.82 Å². The van der Waals surface area contributed by atoms with Crippen LogP contribution < -0.4 is 0 Å². The second-order valence-electron chi connectivity index (χ2n) is 5.25. The van der Waals surface area contributed by atoms with Gasteiger partial charge in [0.05, 0.1) is 17.8 Å². The predicted molar refractivity (Wildman–Crippen MR) is 74.0 cm³/mol. The Hall–Kier alpha value is -1.06. The fourth-order valence-electron chi connectivity index (χ4n) is 2.92. The molecule has 0 aliphatic carbocycles. The largest absolute Gasteiger partial charge is 0.302 e. The zero-order chi connectivity index (χ0) is 12.7. The highest BCUT2D eigenvalue weighted by atomic mass is 35.5. The molecule has 18 heavy (non-hydrogen) atoms. The first-order valence-electron chi connectivity index (χ1n) is 6.55. The van der Waals surface area contributed by atoms with Gasteiger partial charge in [-0.25, -0.2) is 4.98 Å². The van der Waals surface area contributed by atoms with Gasteiger partial charge in [0.2, 0.25) is 0 Å². The van der Waals surface area contributed by atoms with E-state index in [0.29, 0.717) is 12.1 Å². The van der Waals surface area contributed by atoms with Crippen LogP contribution in [0.5, 0.6) is 0 Å². The number of rotatable bonds is 2. The van der Waals surface area contributed by atoms with Crippen molar-refractivity contribution in [3.8, 4) is 0 Å². The third kappa shape index (κ3) is 1.91. The molecule has 2 aromatic rings. The Kier molecular flexibility index (Phi) is 3.04. The predicted octanol–water partition coefficient (Wildman–Crippen LogP) is 3.53. The van der Waals surface area contributed by atoms with Crippen molar-refractivity contribution in [2.45, 2.75) is 38.8 Å². The number of pyridine rings is 1. The van der Waals surface area contributed by atoms with Crippen molar-refractivity contribution in [1.29, 1.82) is 0 Å². The van der Waals surface area contributed by atoms with Gasteiger partial charge in [-0.3, -0.25) is 4.90 Å². The lowest BCUT2D eigenvalue weighted by Gasteiger charge is -2.27. The Labute approximate surface area is 112 Å². The molecule has 1 aliphatic rings. The summed E-state index contributed by atoms with van der Waals surface area (Å²) in [5.41, 5.74) is 1.08. The average Bonchev–Trinajstić information content (AvgIpc) is 2.92. The molecule has 1 fully saturated rings. The maximum Gasteiger partial charge on any atom is 0.130 e. The zero-order valence-electron chi connectivity index (χ0n) is 10.8. The van der Waals surface area contributed by atoms with Gasteiger partial charge in [0.25, 0.3) is 0 Å². The normalized spacial score (nSPS) is 21.2. The number of hydrogen-bond acceptors (Lipinski definition) is 2. The van der Waals surface area contributed by atoms with Crippen LogP contribution in [0.2, 0.25) is 5.02 Å². The second kappa shape index (κ2) is 4.56. The molecule has 0 aromatic carbocycles. The van der Waals surface area contributed by atoms with Crippen LogP contribution in [0.25, 0.3) is 5.52 Å². The summed E-state index contributed by atoms with van der Waals surface area (Å²) in [5, 5.41) is 0.765. The molecule has 96 valence electrons. The van der Waals surface area contributed by atoms with Crippen molar-refractivity contribution in [3.63, 3.8) is 0 Å². The molecule has 0 saturated carbocycles. The molecule has 0 N–H and O–H groups in total. The molecule has 3 heterocycles. The van der Waals surface area contributed by atoms with Crippen molar-refractivity contribution in [3.05, 3.63) is 35.4 Å². The second-order valence-corrected chi connectivity index (χ2v) is 5.68. The Bertz CT molecular complexity index is 561. The monoisotopic (exact) mass is 263 g/mol. The van der Waals surface area contributed by atoms with Gasteiger partial charge >= 0.3 is 0 Å². The van der Waals surface area contributed by atoms with Gasteiger partial charge in [0, 0.05) is 17.3 Å². The van der Waals surface area contributed by atoms with Gasteiger partial charge in [-0.2, -0.15) is 0 Å². The molecular weight excluding hydrogens is 246 g/mol. The number of imidazole rings is 1. The lowest BCUT2D eigenvalue weighted by molar-refractivity contribution is 0.198. The SMILES string of the molecule is CC(C)N1CCCC1c1ncc2cc(Cl)ccn12. The summed E-state index contributed by atoms with van der Waals surface area (Å²) in [6.07, 6.45) is 6.39. The summed E-state index contributed by atoms with van der Waals surface area (Å²) < 4.78 is 2.16. The molecule has 1 unspecified atom stereocenters. The van der Waals surface area contributed by atoms with E-state index in [4.69, 9.17) is 11.6 Å². The van der Waals surface area contributed by atoms with Gasteiger partial charge < -0.3 is 4.40 Å². The highest BCUT2D eigenvalue weighted by Gasteiger charge is 2.30. The van der Waals surface area contributed by atoms with Gasteiger partial charge in [-0.15, -0.1) is 0 Å². The molecule has 3 nitrogen and oxygen atoms in total. The van der Waals surface area contributed by atoms with E-state index >= 15 is 0 Å². The van der Waals surface area contributed by atoms with Crippen LogP contribution in [0.3, 0.4) is 0 Å². The summed E-state index contributed by atoms with van der Waals surface area (Å²) in [4.78, 5) is 7.14. The van der Waals surface area contributed by atoms with Crippen LogP contribution in [0.4, 0.5) is 0 Å². The number of hydrogen-bond donors (Lipinski definition) is 0. The Balaban J connectivity index is 2.04. The number of fused-ring (bicyclic) bond motifs is 1. The third-order valence-corrected chi connectivity index (χ3v) is 4.01. The molecule has 0 bridgehead atoms. The molecule has 0 spiro atoms. The van der Waals surface area contributed by atoms with E-state index in [1.807, 2.05) is 24.5 Å². The molecule has 3 rings (SSSR count). The molecule has 1 saturated heterocycles. The minimum atomic E-state index is 0.439. The fourth-order valence-corrected chi connectivity index (χ4v) is 3.09. The summed E-state index contributed by atoms with van der Waals surface area (Å²) >= 11 is 6.02. The first kappa shape index (κ1) is 12.0. The van der Waals surface area contributed by atoms with Crippen LogP contribution in [0.1, 0.15) is 38.6 Å². The molecule has 0 radical (unpaired) electrons. The van der Waals surface area contributed by atoms with Crippen LogP contribution in [0, 0.1) is 0 Å². The van der Waals surface area contributed by atoms with Crippen molar-refractivity contribution < 1.29 is 0 Å². The van der Waals surface area contributed by atoms with E-state index in [1.165, 1.54) is 19.4 Å². The average molecular weight is 264 g/mol. The smallest absolute Gasteiger partial charge is 0.130 e. The Morgan fingerprint density at radius 2 is 2.28 bits per heavy atom. The first-order valence-corrected chi connectivity index (χ1v) is 6.93. The van der Waals surface area contributed by atoms with Crippen molar-refractivity contribution >= 4 is 17.1 Å². The Morgan fingerprint density at radius 1 is 1.44 bits per heavy atom.